The standard InChI is InChI=1S/C28H35N3O6/c1-4-36-27(33)24(29)14-19-10-12-26(25(15-19)31(34)35)37-18-23(32)17-30-28(2,3)16-20-9-11-21-7-5-6-8-22(21)13-20/h5-13,15,23-24,30,32H,4,14,16-18,29H2,1-3H3. The highest BCUT2D eigenvalue weighted by molar-refractivity contribution is 5.83. The summed E-state index contributed by atoms with van der Waals surface area (Å²) in [6, 6.07) is 18.0. The number of aliphatic hydroxyl groups excluding tert-OH is 1. The molecule has 198 valence electrons. The number of rotatable bonds is 13. The Morgan fingerprint density at radius 2 is 1.81 bits per heavy atom. The van der Waals surface area contributed by atoms with Gasteiger partial charge < -0.3 is 25.6 Å². The van der Waals surface area contributed by atoms with Crippen LogP contribution in [0, 0.1) is 10.1 Å². The molecule has 3 aromatic carbocycles. The van der Waals surface area contributed by atoms with Crippen LogP contribution in [0.5, 0.6) is 5.75 Å². The van der Waals surface area contributed by atoms with Gasteiger partial charge in [-0.3, -0.25) is 14.9 Å². The Bertz CT molecular complexity index is 1230. The topological polar surface area (TPSA) is 137 Å². The lowest BCUT2D eigenvalue weighted by Crippen LogP contribution is -2.46. The Balaban J connectivity index is 1.54. The number of nitro groups is 1. The fourth-order valence-corrected chi connectivity index (χ4v) is 4.10. The van der Waals surface area contributed by atoms with Crippen molar-refractivity contribution >= 4 is 22.4 Å². The molecular formula is C28H35N3O6. The Morgan fingerprint density at radius 1 is 1.11 bits per heavy atom. The summed E-state index contributed by atoms with van der Waals surface area (Å²) >= 11 is 0. The first-order valence-corrected chi connectivity index (χ1v) is 12.3. The molecule has 3 rings (SSSR count). The number of aliphatic hydroxyl groups is 1. The summed E-state index contributed by atoms with van der Waals surface area (Å²) in [6.07, 6.45) is -0.0298. The van der Waals surface area contributed by atoms with Crippen molar-refractivity contribution in [3.63, 3.8) is 0 Å². The fourth-order valence-electron chi connectivity index (χ4n) is 4.10. The maximum atomic E-state index is 11.8. The second-order valence-electron chi connectivity index (χ2n) is 9.71. The van der Waals surface area contributed by atoms with E-state index in [-0.39, 0.29) is 43.2 Å². The smallest absolute Gasteiger partial charge is 0.323 e. The van der Waals surface area contributed by atoms with Crippen LogP contribution in [0.25, 0.3) is 10.8 Å². The van der Waals surface area contributed by atoms with Crippen molar-refractivity contribution in [1.29, 1.82) is 0 Å². The number of hydrogen-bond acceptors (Lipinski definition) is 8. The summed E-state index contributed by atoms with van der Waals surface area (Å²) in [6.45, 7) is 6.12. The van der Waals surface area contributed by atoms with Gasteiger partial charge in [0.1, 0.15) is 18.8 Å². The number of carbonyl (C=O) groups is 1. The SMILES string of the molecule is CCOC(=O)C(N)Cc1ccc(OCC(O)CNC(C)(C)Cc2ccc3ccccc3c2)c([N+](=O)[O-])c1. The average Bonchev–Trinajstić information content (AvgIpc) is 2.86. The first-order valence-electron chi connectivity index (χ1n) is 12.3. The van der Waals surface area contributed by atoms with Gasteiger partial charge in [0, 0.05) is 18.2 Å². The number of β-amino-alcohol motifs (C(OH)–C–C–N with tert-alkyl or cyclic N) is 1. The zero-order valence-electron chi connectivity index (χ0n) is 21.5. The van der Waals surface area contributed by atoms with Crippen molar-refractivity contribution in [1.82, 2.24) is 5.32 Å². The number of esters is 1. The van der Waals surface area contributed by atoms with Crippen molar-refractivity contribution in [2.75, 3.05) is 19.8 Å². The zero-order valence-corrected chi connectivity index (χ0v) is 21.5. The lowest BCUT2D eigenvalue weighted by Gasteiger charge is -2.28. The maximum absolute atomic E-state index is 11.8. The van der Waals surface area contributed by atoms with Crippen LogP contribution in [0.2, 0.25) is 0 Å². The highest BCUT2D eigenvalue weighted by Crippen LogP contribution is 2.28. The summed E-state index contributed by atoms with van der Waals surface area (Å²) in [4.78, 5) is 22.8. The third-order valence-electron chi connectivity index (χ3n) is 5.97. The van der Waals surface area contributed by atoms with Crippen LogP contribution >= 0.6 is 0 Å². The Labute approximate surface area is 216 Å². The third kappa shape index (κ3) is 8.24. The van der Waals surface area contributed by atoms with Gasteiger partial charge in [0.2, 0.25) is 0 Å². The van der Waals surface area contributed by atoms with Crippen molar-refractivity contribution in [2.45, 2.75) is 51.3 Å². The first-order chi connectivity index (χ1) is 17.6. The van der Waals surface area contributed by atoms with Gasteiger partial charge in [0.15, 0.2) is 5.75 Å². The molecule has 9 heteroatoms. The van der Waals surface area contributed by atoms with Crippen LogP contribution in [0.4, 0.5) is 5.69 Å². The van der Waals surface area contributed by atoms with Crippen molar-refractivity contribution in [3.05, 3.63) is 81.9 Å². The van der Waals surface area contributed by atoms with E-state index < -0.39 is 23.0 Å². The molecule has 0 spiro atoms. The monoisotopic (exact) mass is 509 g/mol. The molecule has 2 unspecified atom stereocenters. The Hall–Kier alpha value is -3.53. The predicted octanol–water partition coefficient (Wildman–Crippen LogP) is 3.53. The molecule has 0 amide bonds. The van der Waals surface area contributed by atoms with Gasteiger partial charge in [-0.15, -0.1) is 0 Å². The molecule has 0 aliphatic carbocycles. The first kappa shape index (κ1) is 28.0. The summed E-state index contributed by atoms with van der Waals surface area (Å²) in [5.41, 5.74) is 6.96. The van der Waals surface area contributed by atoms with E-state index in [1.165, 1.54) is 28.5 Å². The highest BCUT2D eigenvalue weighted by Gasteiger charge is 2.22. The number of nitrogens with one attached hydrogen (secondary N) is 1. The number of nitro benzene ring substituents is 1. The van der Waals surface area contributed by atoms with Crippen molar-refractivity contribution < 1.29 is 24.3 Å². The Morgan fingerprint density at radius 3 is 2.51 bits per heavy atom. The van der Waals surface area contributed by atoms with E-state index in [0.717, 1.165) is 6.42 Å². The highest BCUT2D eigenvalue weighted by atomic mass is 16.6. The van der Waals surface area contributed by atoms with Crippen LogP contribution in [0.1, 0.15) is 31.9 Å². The van der Waals surface area contributed by atoms with Crippen molar-refractivity contribution in [2.24, 2.45) is 5.73 Å². The van der Waals surface area contributed by atoms with Crippen LogP contribution in [-0.4, -0.2) is 53.4 Å². The van der Waals surface area contributed by atoms with Crippen LogP contribution < -0.4 is 15.8 Å². The van der Waals surface area contributed by atoms with Gasteiger partial charge in [-0.1, -0.05) is 48.5 Å². The van der Waals surface area contributed by atoms with Gasteiger partial charge in [0.25, 0.3) is 0 Å². The maximum Gasteiger partial charge on any atom is 0.323 e. The van der Waals surface area contributed by atoms with E-state index in [4.69, 9.17) is 15.2 Å². The molecule has 0 aliphatic rings. The summed E-state index contributed by atoms with van der Waals surface area (Å²) in [5.74, 6) is -0.530. The normalized spacial score (nSPS) is 13.2. The van der Waals surface area contributed by atoms with E-state index in [1.54, 1.807) is 13.0 Å². The second-order valence-corrected chi connectivity index (χ2v) is 9.71. The van der Waals surface area contributed by atoms with Gasteiger partial charge in [-0.2, -0.15) is 0 Å². The zero-order chi connectivity index (χ0) is 27.0. The van der Waals surface area contributed by atoms with Crippen LogP contribution in [0.15, 0.2) is 60.7 Å². The lowest BCUT2D eigenvalue weighted by atomic mass is 9.93. The molecule has 9 nitrogen and oxygen atoms in total. The minimum atomic E-state index is -0.919. The number of carbonyl (C=O) groups excluding carboxylic acids is 1. The largest absolute Gasteiger partial charge is 0.484 e. The van der Waals surface area contributed by atoms with E-state index in [1.807, 2.05) is 12.1 Å². The fraction of sp³-hybridized carbons (Fsp3) is 0.393. The van der Waals surface area contributed by atoms with Crippen molar-refractivity contribution in [3.8, 4) is 5.75 Å². The minimum Gasteiger partial charge on any atom is -0.484 e. The van der Waals surface area contributed by atoms with Gasteiger partial charge in [-0.25, -0.2) is 0 Å². The molecule has 0 aromatic heterocycles. The molecule has 0 bridgehead atoms. The molecule has 0 fully saturated rings. The number of benzene rings is 3. The lowest BCUT2D eigenvalue weighted by molar-refractivity contribution is -0.386. The predicted molar refractivity (Wildman–Crippen MR) is 143 cm³/mol. The second kappa shape index (κ2) is 12.6. The number of hydrogen-bond donors (Lipinski definition) is 3. The minimum absolute atomic E-state index is 0.0351. The molecular weight excluding hydrogens is 474 g/mol. The van der Waals surface area contributed by atoms with Crippen LogP contribution in [-0.2, 0) is 22.4 Å². The summed E-state index contributed by atoms with van der Waals surface area (Å²) in [5, 5.41) is 27.8. The third-order valence-corrected chi connectivity index (χ3v) is 5.97. The van der Waals surface area contributed by atoms with E-state index in [0.29, 0.717) is 5.56 Å². The number of fused-ring (bicyclic) bond motifs is 1. The molecule has 3 aromatic rings. The number of ether oxygens (including phenoxy) is 2. The van der Waals surface area contributed by atoms with Gasteiger partial charge in [-0.05, 0) is 61.6 Å². The molecule has 0 saturated carbocycles. The van der Waals surface area contributed by atoms with Gasteiger partial charge >= 0.3 is 11.7 Å². The quantitative estimate of drug-likeness (QED) is 0.181. The number of nitrogens with zero attached hydrogens (tertiary/aromatic N) is 1. The van der Waals surface area contributed by atoms with Crippen LogP contribution in [0.3, 0.4) is 0 Å². The summed E-state index contributed by atoms with van der Waals surface area (Å²) < 4.78 is 10.5. The van der Waals surface area contributed by atoms with E-state index in [9.17, 15) is 20.0 Å². The molecule has 0 aliphatic heterocycles. The molecule has 2 atom stereocenters. The summed E-state index contributed by atoms with van der Waals surface area (Å²) in [7, 11) is 0. The molecule has 4 N–H and O–H groups in total. The Kier molecular flexibility index (Phi) is 9.57. The molecule has 0 radical (unpaired) electrons. The van der Waals surface area contributed by atoms with Gasteiger partial charge in [0.05, 0.1) is 11.5 Å². The van der Waals surface area contributed by atoms with E-state index in [2.05, 4.69) is 49.5 Å². The molecule has 0 heterocycles. The average molecular weight is 510 g/mol. The molecule has 0 saturated heterocycles. The number of nitrogens with two attached hydrogens (primary N) is 1. The molecule has 37 heavy (non-hydrogen) atoms. The van der Waals surface area contributed by atoms with E-state index >= 15 is 0 Å².